The zero-order valence-corrected chi connectivity index (χ0v) is 8.50. The fraction of sp³-hybridized carbons (Fsp3) is 0.182. The molecule has 0 aromatic heterocycles. The van der Waals surface area contributed by atoms with Crippen LogP contribution in [0.25, 0.3) is 0 Å². The summed E-state index contributed by atoms with van der Waals surface area (Å²) >= 11 is 0. The third-order valence-electron chi connectivity index (χ3n) is 1.83. The highest BCUT2D eigenvalue weighted by molar-refractivity contribution is 5.99. The summed E-state index contributed by atoms with van der Waals surface area (Å²) in [7, 11) is 0. The Balaban J connectivity index is 2.76. The Kier molecular flexibility index (Phi) is 3.58. The molecule has 1 amide bonds. The third kappa shape index (κ3) is 2.92. The van der Waals surface area contributed by atoms with Gasteiger partial charge in [0.25, 0.3) is 5.91 Å². The highest BCUT2D eigenvalue weighted by atomic mass is 16.1. The van der Waals surface area contributed by atoms with E-state index in [0.29, 0.717) is 23.5 Å². The lowest BCUT2D eigenvalue weighted by Gasteiger charge is -2.05. The number of amides is 1. The van der Waals surface area contributed by atoms with Crippen molar-refractivity contribution in [1.29, 1.82) is 0 Å². The van der Waals surface area contributed by atoms with Gasteiger partial charge in [-0.3, -0.25) is 4.79 Å². The molecule has 1 aromatic carbocycles. The van der Waals surface area contributed by atoms with Crippen LogP contribution >= 0.6 is 0 Å². The number of nitrogen functional groups attached to an aromatic ring is 2. The average Bonchev–Trinajstić information content (AvgIpc) is 2.17. The normalized spacial score (nSPS) is 8.87. The molecule has 1 rings (SSSR count). The molecule has 15 heavy (non-hydrogen) atoms. The zero-order valence-electron chi connectivity index (χ0n) is 8.50. The van der Waals surface area contributed by atoms with Gasteiger partial charge in [-0.05, 0) is 25.1 Å². The van der Waals surface area contributed by atoms with Crippen molar-refractivity contribution < 1.29 is 4.79 Å². The number of hydrogen-bond acceptors (Lipinski definition) is 3. The molecule has 0 unspecified atom stereocenters. The molecule has 0 atom stereocenters. The van der Waals surface area contributed by atoms with E-state index in [0.717, 1.165) is 0 Å². The second-order valence-electron chi connectivity index (χ2n) is 2.96. The molecule has 0 saturated carbocycles. The van der Waals surface area contributed by atoms with Crippen LogP contribution < -0.4 is 16.8 Å². The van der Waals surface area contributed by atoms with E-state index in [4.69, 9.17) is 11.5 Å². The van der Waals surface area contributed by atoms with Gasteiger partial charge in [0.15, 0.2) is 0 Å². The summed E-state index contributed by atoms with van der Waals surface area (Å²) in [4.78, 5) is 11.6. The first kappa shape index (κ1) is 10.9. The van der Waals surface area contributed by atoms with Gasteiger partial charge >= 0.3 is 0 Å². The van der Waals surface area contributed by atoms with E-state index < -0.39 is 0 Å². The molecule has 4 heteroatoms. The smallest absolute Gasteiger partial charge is 0.254 e. The number of carbonyl (C=O) groups is 1. The second-order valence-corrected chi connectivity index (χ2v) is 2.96. The summed E-state index contributed by atoms with van der Waals surface area (Å²) in [5.74, 6) is 5.17. The van der Waals surface area contributed by atoms with Crippen LogP contribution in [0.3, 0.4) is 0 Å². The molecule has 5 N–H and O–H groups in total. The maximum Gasteiger partial charge on any atom is 0.254 e. The topological polar surface area (TPSA) is 81.1 Å². The highest BCUT2D eigenvalue weighted by Gasteiger charge is 2.07. The fourth-order valence-electron chi connectivity index (χ4n) is 1.10. The molecular weight excluding hydrogens is 190 g/mol. The van der Waals surface area contributed by atoms with Gasteiger partial charge in [-0.15, -0.1) is 5.92 Å². The first-order valence-corrected chi connectivity index (χ1v) is 4.48. The Labute approximate surface area is 88.6 Å². The van der Waals surface area contributed by atoms with Crippen LogP contribution in [-0.2, 0) is 0 Å². The van der Waals surface area contributed by atoms with E-state index in [9.17, 15) is 4.79 Å². The number of rotatable bonds is 2. The minimum Gasteiger partial charge on any atom is -0.399 e. The van der Waals surface area contributed by atoms with Crippen LogP contribution in [0.4, 0.5) is 11.4 Å². The standard InChI is InChI=1S/C11H13N3O/c1-2-3-6-14-11(15)9-5-4-8(12)7-10(9)13/h4-5,7H,6,12-13H2,1H3,(H,14,15). The first-order valence-electron chi connectivity index (χ1n) is 4.48. The van der Waals surface area contributed by atoms with Crippen molar-refractivity contribution in [3.8, 4) is 11.8 Å². The molecule has 0 saturated heterocycles. The van der Waals surface area contributed by atoms with E-state index >= 15 is 0 Å². The largest absolute Gasteiger partial charge is 0.399 e. The summed E-state index contributed by atoms with van der Waals surface area (Å²) in [6.45, 7) is 2.03. The summed E-state index contributed by atoms with van der Waals surface area (Å²) < 4.78 is 0. The first-order chi connectivity index (χ1) is 7.15. The fourth-order valence-corrected chi connectivity index (χ4v) is 1.10. The summed E-state index contributed by atoms with van der Waals surface area (Å²) in [6.07, 6.45) is 0. The number of hydrogen-bond donors (Lipinski definition) is 3. The van der Waals surface area contributed by atoms with E-state index in [1.54, 1.807) is 25.1 Å². The number of nitrogens with one attached hydrogen (secondary N) is 1. The molecule has 0 radical (unpaired) electrons. The van der Waals surface area contributed by atoms with Crippen molar-refractivity contribution in [2.24, 2.45) is 0 Å². The van der Waals surface area contributed by atoms with E-state index in [-0.39, 0.29) is 5.91 Å². The minimum absolute atomic E-state index is 0.241. The highest BCUT2D eigenvalue weighted by Crippen LogP contribution is 2.15. The predicted octanol–water partition coefficient (Wildman–Crippen LogP) is 0.604. The number of benzene rings is 1. The lowest BCUT2D eigenvalue weighted by Crippen LogP contribution is -2.24. The lowest BCUT2D eigenvalue weighted by atomic mass is 10.1. The SMILES string of the molecule is CC#CCNC(=O)c1ccc(N)cc1N. The molecule has 0 fully saturated rings. The van der Waals surface area contributed by atoms with Crippen molar-refractivity contribution in [1.82, 2.24) is 5.32 Å². The summed E-state index contributed by atoms with van der Waals surface area (Å²) in [6, 6.07) is 4.79. The second kappa shape index (κ2) is 4.91. The van der Waals surface area contributed by atoms with Crippen molar-refractivity contribution in [2.45, 2.75) is 6.92 Å². The predicted molar refractivity (Wildman–Crippen MR) is 61.1 cm³/mol. The average molecular weight is 203 g/mol. The van der Waals surface area contributed by atoms with Crippen molar-refractivity contribution in [3.63, 3.8) is 0 Å². The van der Waals surface area contributed by atoms with Crippen molar-refractivity contribution in [3.05, 3.63) is 23.8 Å². The van der Waals surface area contributed by atoms with Crippen LogP contribution in [0.15, 0.2) is 18.2 Å². The van der Waals surface area contributed by atoms with Crippen molar-refractivity contribution in [2.75, 3.05) is 18.0 Å². The Morgan fingerprint density at radius 3 is 2.80 bits per heavy atom. The Morgan fingerprint density at radius 2 is 2.20 bits per heavy atom. The number of carbonyl (C=O) groups excluding carboxylic acids is 1. The Bertz CT molecular complexity index is 429. The maximum atomic E-state index is 11.6. The minimum atomic E-state index is -0.241. The molecule has 0 bridgehead atoms. The van der Waals surface area contributed by atoms with Crippen LogP contribution in [-0.4, -0.2) is 12.5 Å². The van der Waals surface area contributed by atoms with Gasteiger partial charge in [0.05, 0.1) is 12.1 Å². The van der Waals surface area contributed by atoms with Gasteiger partial charge in [0.2, 0.25) is 0 Å². The van der Waals surface area contributed by atoms with Gasteiger partial charge < -0.3 is 16.8 Å². The molecule has 0 aliphatic heterocycles. The summed E-state index contributed by atoms with van der Waals surface area (Å²) in [5.41, 5.74) is 12.5. The van der Waals surface area contributed by atoms with Gasteiger partial charge in [0, 0.05) is 11.4 Å². The van der Waals surface area contributed by atoms with Crippen LogP contribution in [0, 0.1) is 11.8 Å². The van der Waals surface area contributed by atoms with Gasteiger partial charge in [-0.1, -0.05) is 5.92 Å². The monoisotopic (exact) mass is 203 g/mol. The van der Waals surface area contributed by atoms with Gasteiger partial charge in [-0.2, -0.15) is 0 Å². The molecule has 0 aliphatic rings. The molecule has 4 nitrogen and oxygen atoms in total. The van der Waals surface area contributed by atoms with Gasteiger partial charge in [0.1, 0.15) is 0 Å². The van der Waals surface area contributed by atoms with Crippen LogP contribution in [0.1, 0.15) is 17.3 Å². The van der Waals surface area contributed by atoms with Gasteiger partial charge in [-0.25, -0.2) is 0 Å². The quantitative estimate of drug-likeness (QED) is 0.486. The van der Waals surface area contributed by atoms with E-state index in [2.05, 4.69) is 17.2 Å². The van der Waals surface area contributed by atoms with Crippen LogP contribution in [0.2, 0.25) is 0 Å². The molecule has 78 valence electrons. The maximum absolute atomic E-state index is 11.6. The number of anilines is 2. The molecule has 1 aromatic rings. The molecule has 0 aliphatic carbocycles. The Hall–Kier alpha value is -2.15. The van der Waals surface area contributed by atoms with Crippen LogP contribution in [0.5, 0.6) is 0 Å². The van der Waals surface area contributed by atoms with Crippen molar-refractivity contribution >= 4 is 17.3 Å². The van der Waals surface area contributed by atoms with E-state index in [1.807, 2.05) is 0 Å². The summed E-state index contributed by atoms with van der Waals surface area (Å²) in [5, 5.41) is 2.63. The number of nitrogens with two attached hydrogens (primary N) is 2. The molecule has 0 spiro atoms. The molecular formula is C11H13N3O. The third-order valence-corrected chi connectivity index (χ3v) is 1.83. The Morgan fingerprint density at radius 1 is 1.47 bits per heavy atom. The molecule has 0 heterocycles. The van der Waals surface area contributed by atoms with E-state index in [1.165, 1.54) is 0 Å². The lowest BCUT2D eigenvalue weighted by molar-refractivity contribution is 0.0959. The zero-order chi connectivity index (χ0) is 11.3.